The van der Waals surface area contributed by atoms with Crippen molar-refractivity contribution in [3.8, 4) is 0 Å². The van der Waals surface area contributed by atoms with Crippen LogP contribution in [0.15, 0.2) is 42.6 Å². The van der Waals surface area contributed by atoms with E-state index in [1.165, 1.54) is 17.2 Å². The van der Waals surface area contributed by atoms with Crippen LogP contribution in [0.3, 0.4) is 0 Å². The molecule has 0 saturated carbocycles. The number of nitrogens with zero attached hydrogens (tertiary/aromatic N) is 5. The fourth-order valence-corrected chi connectivity index (χ4v) is 2.44. The van der Waals surface area contributed by atoms with Gasteiger partial charge in [-0.05, 0) is 31.4 Å². The molecule has 3 aromatic rings. The van der Waals surface area contributed by atoms with E-state index >= 15 is 0 Å². The number of rotatable bonds is 5. The molecule has 0 N–H and O–H groups in total. The summed E-state index contributed by atoms with van der Waals surface area (Å²) in [7, 11) is 0. The predicted octanol–water partition coefficient (Wildman–Crippen LogP) is 3.23. The topological polar surface area (TPSA) is 56.5 Å². The molecule has 0 aliphatic heterocycles. The fraction of sp³-hybridized carbons (Fsp3) is 0.294. The predicted molar refractivity (Wildman–Crippen MR) is 84.7 cm³/mol. The Morgan fingerprint density at radius 2 is 1.80 bits per heavy atom. The highest BCUT2D eigenvalue weighted by atomic mass is 19.4. The molecule has 25 heavy (non-hydrogen) atoms. The zero-order valence-electron chi connectivity index (χ0n) is 13.5. The van der Waals surface area contributed by atoms with Crippen LogP contribution in [-0.4, -0.2) is 25.0 Å². The van der Waals surface area contributed by atoms with E-state index in [0.717, 1.165) is 18.2 Å². The van der Waals surface area contributed by atoms with Gasteiger partial charge in [-0.2, -0.15) is 13.2 Å². The molecule has 5 nitrogen and oxygen atoms in total. The third-order valence-electron chi connectivity index (χ3n) is 3.59. The monoisotopic (exact) mass is 347 g/mol. The summed E-state index contributed by atoms with van der Waals surface area (Å²) in [4.78, 5) is 7.62. The zero-order valence-corrected chi connectivity index (χ0v) is 13.5. The lowest BCUT2D eigenvalue weighted by Gasteiger charge is -2.08. The summed E-state index contributed by atoms with van der Waals surface area (Å²) in [6, 6.07) is 10.9. The van der Waals surface area contributed by atoms with Crippen molar-refractivity contribution in [2.24, 2.45) is 0 Å². The Kier molecular flexibility index (Phi) is 4.78. The Bertz CT molecular complexity index is 843. The van der Waals surface area contributed by atoms with Crippen molar-refractivity contribution in [1.29, 1.82) is 0 Å². The molecule has 0 fully saturated rings. The average Bonchev–Trinajstić information content (AvgIpc) is 3.00. The van der Waals surface area contributed by atoms with E-state index in [9.17, 15) is 13.2 Å². The first-order valence-electron chi connectivity index (χ1n) is 7.75. The average molecular weight is 347 g/mol. The minimum atomic E-state index is -4.49. The van der Waals surface area contributed by atoms with Gasteiger partial charge in [-0.3, -0.25) is 0 Å². The zero-order chi connectivity index (χ0) is 17.9. The molecule has 0 spiro atoms. The molecule has 0 amide bonds. The van der Waals surface area contributed by atoms with Crippen molar-refractivity contribution in [1.82, 2.24) is 25.0 Å². The standard InChI is InChI=1S/C17H16F3N5/c1-12-9-15(17(18,19)20)22-16(21-12)11-25-10-14(23-24-25)8-7-13-5-3-2-4-6-13/h2-6,9-10H,7-8,11H2,1H3. The molecule has 0 bridgehead atoms. The first-order chi connectivity index (χ1) is 11.9. The van der Waals surface area contributed by atoms with Crippen LogP contribution in [0.2, 0.25) is 0 Å². The SMILES string of the molecule is Cc1cc(C(F)(F)F)nc(Cn2cc(CCc3ccccc3)nn2)n1. The van der Waals surface area contributed by atoms with E-state index < -0.39 is 11.9 Å². The summed E-state index contributed by atoms with van der Waals surface area (Å²) >= 11 is 0. The van der Waals surface area contributed by atoms with Gasteiger partial charge in [0.1, 0.15) is 12.2 Å². The van der Waals surface area contributed by atoms with Gasteiger partial charge in [0.25, 0.3) is 0 Å². The van der Waals surface area contributed by atoms with Crippen molar-refractivity contribution in [2.45, 2.75) is 32.5 Å². The number of alkyl halides is 3. The van der Waals surface area contributed by atoms with Gasteiger partial charge in [0, 0.05) is 11.9 Å². The van der Waals surface area contributed by atoms with Crippen LogP contribution >= 0.6 is 0 Å². The molecular weight excluding hydrogens is 331 g/mol. The number of hydrogen-bond donors (Lipinski definition) is 0. The van der Waals surface area contributed by atoms with E-state index in [1.54, 1.807) is 6.20 Å². The van der Waals surface area contributed by atoms with E-state index in [-0.39, 0.29) is 18.1 Å². The number of halogens is 3. The van der Waals surface area contributed by atoms with Crippen molar-refractivity contribution in [3.63, 3.8) is 0 Å². The van der Waals surface area contributed by atoms with Gasteiger partial charge >= 0.3 is 6.18 Å². The van der Waals surface area contributed by atoms with Crippen LogP contribution in [0.25, 0.3) is 0 Å². The molecule has 3 rings (SSSR count). The van der Waals surface area contributed by atoms with E-state index in [0.29, 0.717) is 6.42 Å². The second-order valence-electron chi connectivity index (χ2n) is 5.70. The molecule has 2 heterocycles. The van der Waals surface area contributed by atoms with Crippen molar-refractivity contribution >= 4 is 0 Å². The number of aryl methyl sites for hydroxylation is 3. The minimum Gasteiger partial charge on any atom is -0.245 e. The third kappa shape index (κ3) is 4.62. The second-order valence-corrected chi connectivity index (χ2v) is 5.70. The third-order valence-corrected chi connectivity index (χ3v) is 3.59. The Morgan fingerprint density at radius 3 is 2.52 bits per heavy atom. The lowest BCUT2D eigenvalue weighted by Crippen LogP contribution is -2.14. The van der Waals surface area contributed by atoms with Gasteiger partial charge in [-0.15, -0.1) is 5.10 Å². The molecular formula is C17H16F3N5. The Hall–Kier alpha value is -2.77. The van der Waals surface area contributed by atoms with Crippen LogP contribution in [-0.2, 0) is 25.6 Å². The normalized spacial score (nSPS) is 11.7. The molecule has 0 atom stereocenters. The van der Waals surface area contributed by atoms with Gasteiger partial charge < -0.3 is 0 Å². The largest absolute Gasteiger partial charge is 0.433 e. The maximum absolute atomic E-state index is 12.8. The summed E-state index contributed by atoms with van der Waals surface area (Å²) in [5.41, 5.74) is 1.28. The van der Waals surface area contributed by atoms with Crippen LogP contribution in [0.4, 0.5) is 13.2 Å². The molecule has 1 aromatic carbocycles. The molecule has 0 aliphatic carbocycles. The lowest BCUT2D eigenvalue weighted by atomic mass is 10.1. The van der Waals surface area contributed by atoms with Gasteiger partial charge in [-0.25, -0.2) is 14.6 Å². The number of aromatic nitrogens is 5. The van der Waals surface area contributed by atoms with Crippen molar-refractivity contribution in [2.75, 3.05) is 0 Å². The quantitative estimate of drug-likeness (QED) is 0.711. The number of benzene rings is 1. The van der Waals surface area contributed by atoms with Gasteiger partial charge in [-0.1, -0.05) is 35.5 Å². The summed E-state index contributed by atoms with van der Waals surface area (Å²) in [5.74, 6) is 0.0619. The Morgan fingerprint density at radius 1 is 1.04 bits per heavy atom. The highest BCUT2D eigenvalue weighted by molar-refractivity contribution is 5.16. The van der Waals surface area contributed by atoms with Crippen LogP contribution in [0.5, 0.6) is 0 Å². The van der Waals surface area contributed by atoms with Crippen molar-refractivity contribution < 1.29 is 13.2 Å². The first kappa shape index (κ1) is 17.1. The minimum absolute atomic E-state index is 0.0447. The van der Waals surface area contributed by atoms with E-state index in [4.69, 9.17) is 0 Å². The Balaban J connectivity index is 1.68. The molecule has 0 aliphatic rings. The van der Waals surface area contributed by atoms with Crippen LogP contribution < -0.4 is 0 Å². The highest BCUT2D eigenvalue weighted by Crippen LogP contribution is 2.27. The van der Waals surface area contributed by atoms with Crippen molar-refractivity contribution in [3.05, 3.63) is 71.1 Å². The first-order valence-corrected chi connectivity index (χ1v) is 7.75. The molecule has 0 saturated heterocycles. The molecule has 2 aromatic heterocycles. The van der Waals surface area contributed by atoms with Gasteiger partial charge in [0.2, 0.25) is 0 Å². The Labute approximate surface area is 142 Å². The summed E-state index contributed by atoms with van der Waals surface area (Å²) in [6.07, 6.45) is -1.27. The summed E-state index contributed by atoms with van der Waals surface area (Å²) in [6.45, 7) is 1.55. The lowest BCUT2D eigenvalue weighted by molar-refractivity contribution is -0.141. The number of hydrogen-bond acceptors (Lipinski definition) is 4. The van der Waals surface area contributed by atoms with E-state index in [1.807, 2.05) is 30.3 Å². The van der Waals surface area contributed by atoms with Gasteiger partial charge in [0.05, 0.1) is 5.69 Å². The molecule has 0 unspecified atom stereocenters. The van der Waals surface area contributed by atoms with Gasteiger partial charge in [0.15, 0.2) is 5.82 Å². The fourth-order valence-electron chi connectivity index (χ4n) is 2.44. The molecule has 0 radical (unpaired) electrons. The summed E-state index contributed by atoms with van der Waals surface area (Å²) in [5, 5.41) is 8.01. The maximum atomic E-state index is 12.8. The van der Waals surface area contributed by atoms with E-state index in [2.05, 4.69) is 20.3 Å². The highest BCUT2D eigenvalue weighted by Gasteiger charge is 2.33. The molecule has 130 valence electrons. The second kappa shape index (κ2) is 7.00. The summed E-state index contributed by atoms with van der Waals surface area (Å²) < 4.78 is 39.9. The maximum Gasteiger partial charge on any atom is 0.433 e. The van der Waals surface area contributed by atoms with Crippen LogP contribution in [0, 0.1) is 6.92 Å². The smallest absolute Gasteiger partial charge is 0.245 e. The molecule has 8 heteroatoms. The van der Waals surface area contributed by atoms with Crippen LogP contribution in [0.1, 0.15) is 28.5 Å².